The van der Waals surface area contributed by atoms with Crippen molar-refractivity contribution in [3.8, 4) is 11.3 Å². The molecule has 0 saturated heterocycles. The van der Waals surface area contributed by atoms with E-state index in [4.69, 9.17) is 16.0 Å². The predicted octanol–water partition coefficient (Wildman–Crippen LogP) is 7.12. The highest BCUT2D eigenvalue weighted by atomic mass is 35.5. The fraction of sp³-hybridized carbons (Fsp3) is 0.222. The minimum atomic E-state index is -2.80. The molecule has 0 bridgehead atoms. The fourth-order valence-electron chi connectivity index (χ4n) is 4.50. The van der Waals surface area contributed by atoms with Crippen LogP contribution in [0.15, 0.2) is 57.9 Å². The highest BCUT2D eigenvalue weighted by molar-refractivity contribution is 6.29. The number of rotatable bonds is 5. The van der Waals surface area contributed by atoms with Gasteiger partial charge in [0, 0.05) is 35.3 Å². The third kappa shape index (κ3) is 4.22. The molecule has 184 valence electrons. The van der Waals surface area contributed by atoms with Gasteiger partial charge in [0.1, 0.15) is 22.2 Å². The van der Waals surface area contributed by atoms with Crippen molar-refractivity contribution < 1.29 is 13.2 Å². The van der Waals surface area contributed by atoms with E-state index in [0.29, 0.717) is 27.9 Å². The van der Waals surface area contributed by atoms with Gasteiger partial charge in [0.15, 0.2) is 5.43 Å². The molecule has 1 unspecified atom stereocenters. The average Bonchev–Trinajstić information content (AvgIpc) is 3.21. The summed E-state index contributed by atoms with van der Waals surface area (Å²) < 4.78 is 35.3. The Bertz CT molecular complexity index is 1690. The molecule has 0 fully saturated rings. The number of aryl methyl sites for hydroxylation is 2. The number of pyridine rings is 1. The largest absolute Gasteiger partial charge is 0.455 e. The molecule has 0 aliphatic rings. The summed E-state index contributed by atoms with van der Waals surface area (Å²) in [6, 6.07) is 11.8. The van der Waals surface area contributed by atoms with Gasteiger partial charge in [0.05, 0.1) is 22.6 Å². The van der Waals surface area contributed by atoms with E-state index in [0.717, 1.165) is 22.0 Å². The van der Waals surface area contributed by atoms with Gasteiger partial charge >= 0.3 is 0 Å². The summed E-state index contributed by atoms with van der Waals surface area (Å²) in [6.45, 7) is 5.44. The summed E-state index contributed by atoms with van der Waals surface area (Å²) in [5.41, 5.74) is 3.58. The molecule has 5 aromatic rings. The number of alkyl halides is 2. The molecule has 0 radical (unpaired) electrons. The van der Waals surface area contributed by atoms with E-state index < -0.39 is 18.2 Å². The highest BCUT2D eigenvalue weighted by Crippen LogP contribution is 2.35. The molecule has 0 amide bonds. The molecule has 9 heteroatoms. The van der Waals surface area contributed by atoms with Crippen molar-refractivity contribution in [3.63, 3.8) is 0 Å². The first-order valence-electron chi connectivity index (χ1n) is 11.3. The molecule has 0 saturated carbocycles. The molecule has 0 aliphatic carbocycles. The summed E-state index contributed by atoms with van der Waals surface area (Å²) in [4.78, 5) is 17.2. The lowest BCUT2D eigenvalue weighted by atomic mass is 9.98. The Hall–Kier alpha value is -3.78. The maximum absolute atomic E-state index is 13.6. The number of benzene rings is 2. The maximum Gasteiger partial charge on any atom is 0.282 e. The Morgan fingerprint density at radius 3 is 2.64 bits per heavy atom. The van der Waals surface area contributed by atoms with Crippen LogP contribution in [0.25, 0.3) is 33.2 Å². The van der Waals surface area contributed by atoms with E-state index >= 15 is 0 Å². The predicted molar refractivity (Wildman–Crippen MR) is 138 cm³/mol. The molecule has 6 nitrogen and oxygen atoms in total. The molecule has 1 atom stereocenters. The third-order valence-corrected chi connectivity index (χ3v) is 6.42. The molecular weight excluding hydrogens is 486 g/mol. The topological polar surface area (TPSA) is 73.0 Å². The third-order valence-electron chi connectivity index (χ3n) is 6.21. The highest BCUT2D eigenvalue weighted by Gasteiger charge is 2.22. The van der Waals surface area contributed by atoms with Crippen molar-refractivity contribution in [1.82, 2.24) is 14.8 Å². The average molecular weight is 509 g/mol. The minimum Gasteiger partial charge on any atom is -0.455 e. The van der Waals surface area contributed by atoms with Crippen molar-refractivity contribution in [2.24, 2.45) is 7.05 Å². The van der Waals surface area contributed by atoms with Crippen LogP contribution < -0.4 is 10.7 Å². The Morgan fingerprint density at radius 2 is 1.89 bits per heavy atom. The van der Waals surface area contributed by atoms with E-state index in [2.05, 4.69) is 15.4 Å². The standard InChI is InChI=1S/C27H23ClF2N4O2/c1-13-9-18(15(3)31-21-7-8-22(28)32-23(21)27(29)30)26-19(10-13)24(35)14(2)25(36-26)16-5-6-20-17(11-16)12-34(4)33-20/h5-12,15,27,31H,1-4H3. The number of aromatic nitrogens is 3. The summed E-state index contributed by atoms with van der Waals surface area (Å²) >= 11 is 5.83. The van der Waals surface area contributed by atoms with Crippen LogP contribution in [0.2, 0.25) is 5.15 Å². The Morgan fingerprint density at radius 1 is 1.11 bits per heavy atom. The molecule has 1 N–H and O–H groups in total. The normalized spacial score (nSPS) is 12.6. The van der Waals surface area contributed by atoms with Gasteiger partial charge in [-0.2, -0.15) is 5.10 Å². The van der Waals surface area contributed by atoms with Crippen LogP contribution >= 0.6 is 11.6 Å². The van der Waals surface area contributed by atoms with Crippen LogP contribution in [0.3, 0.4) is 0 Å². The molecule has 0 aliphatic heterocycles. The van der Waals surface area contributed by atoms with Crippen molar-refractivity contribution in [1.29, 1.82) is 0 Å². The van der Waals surface area contributed by atoms with Gasteiger partial charge in [-0.1, -0.05) is 17.7 Å². The monoisotopic (exact) mass is 508 g/mol. The van der Waals surface area contributed by atoms with Crippen molar-refractivity contribution in [2.75, 3.05) is 5.32 Å². The molecule has 2 aromatic carbocycles. The number of nitrogens with one attached hydrogen (secondary N) is 1. The van der Waals surface area contributed by atoms with Gasteiger partial charge in [0.2, 0.25) is 0 Å². The molecule has 36 heavy (non-hydrogen) atoms. The van der Waals surface area contributed by atoms with Gasteiger partial charge in [0.25, 0.3) is 6.43 Å². The van der Waals surface area contributed by atoms with Crippen LogP contribution in [0.4, 0.5) is 14.5 Å². The molecular formula is C27H23ClF2N4O2. The quantitative estimate of drug-likeness (QED) is 0.256. The Kier molecular flexibility index (Phi) is 6.00. The molecule has 3 heterocycles. The van der Waals surface area contributed by atoms with E-state index in [1.807, 2.05) is 51.4 Å². The van der Waals surface area contributed by atoms with Crippen LogP contribution in [0, 0.1) is 13.8 Å². The van der Waals surface area contributed by atoms with E-state index in [9.17, 15) is 13.6 Å². The summed E-state index contributed by atoms with van der Waals surface area (Å²) in [5.74, 6) is 0.456. The zero-order valence-corrected chi connectivity index (χ0v) is 20.8. The number of hydrogen-bond donors (Lipinski definition) is 1. The lowest BCUT2D eigenvalue weighted by Gasteiger charge is -2.20. The Balaban J connectivity index is 1.66. The zero-order chi connectivity index (χ0) is 25.7. The molecule has 5 rings (SSSR count). The van der Waals surface area contributed by atoms with E-state index in [-0.39, 0.29) is 16.3 Å². The molecule has 0 spiro atoms. The second kappa shape index (κ2) is 9.02. The second-order valence-electron chi connectivity index (χ2n) is 8.93. The smallest absolute Gasteiger partial charge is 0.282 e. The van der Waals surface area contributed by atoms with E-state index in [1.54, 1.807) is 17.7 Å². The number of hydrogen-bond acceptors (Lipinski definition) is 5. The minimum absolute atomic E-state index is 0.0128. The van der Waals surface area contributed by atoms with Crippen molar-refractivity contribution in [3.05, 3.63) is 86.4 Å². The SMILES string of the molecule is Cc1cc(C(C)Nc2ccc(Cl)nc2C(F)F)c2oc(-c3ccc4nn(C)cc4c3)c(C)c(=O)c2c1. The number of anilines is 1. The van der Waals surface area contributed by atoms with Gasteiger partial charge in [-0.05, 0) is 62.7 Å². The summed E-state index contributed by atoms with van der Waals surface area (Å²) in [5, 5.41) is 8.84. The second-order valence-corrected chi connectivity index (χ2v) is 9.31. The lowest BCUT2D eigenvalue weighted by Crippen LogP contribution is -2.13. The zero-order valence-electron chi connectivity index (χ0n) is 20.1. The van der Waals surface area contributed by atoms with Gasteiger partial charge < -0.3 is 9.73 Å². The summed E-state index contributed by atoms with van der Waals surface area (Å²) in [7, 11) is 1.85. The maximum atomic E-state index is 13.6. The van der Waals surface area contributed by atoms with Gasteiger partial charge in [-0.25, -0.2) is 13.8 Å². The van der Waals surface area contributed by atoms with Crippen LogP contribution in [0.1, 0.15) is 41.8 Å². The number of halogens is 3. The molecule has 3 aromatic heterocycles. The van der Waals surface area contributed by atoms with Gasteiger partial charge in [-0.15, -0.1) is 0 Å². The Labute approximate surface area is 210 Å². The van der Waals surface area contributed by atoms with Crippen LogP contribution in [0.5, 0.6) is 0 Å². The first kappa shape index (κ1) is 23.9. The first-order chi connectivity index (χ1) is 17.1. The first-order valence-corrected chi connectivity index (χ1v) is 11.7. The van der Waals surface area contributed by atoms with Crippen LogP contribution in [-0.4, -0.2) is 14.8 Å². The van der Waals surface area contributed by atoms with Crippen LogP contribution in [-0.2, 0) is 7.05 Å². The fourth-order valence-corrected chi connectivity index (χ4v) is 4.66. The van der Waals surface area contributed by atoms with Gasteiger partial charge in [-0.3, -0.25) is 9.48 Å². The number of nitrogens with zero attached hydrogens (tertiary/aromatic N) is 3. The summed E-state index contributed by atoms with van der Waals surface area (Å²) in [6.07, 6.45) is -0.906. The van der Waals surface area contributed by atoms with Crippen molar-refractivity contribution in [2.45, 2.75) is 33.2 Å². The number of fused-ring (bicyclic) bond motifs is 2. The van der Waals surface area contributed by atoms with Crippen molar-refractivity contribution >= 4 is 39.2 Å². The van der Waals surface area contributed by atoms with E-state index in [1.165, 1.54) is 12.1 Å². The lowest BCUT2D eigenvalue weighted by molar-refractivity contribution is 0.147.